The van der Waals surface area contributed by atoms with E-state index >= 15 is 0 Å². The predicted molar refractivity (Wildman–Crippen MR) is 104 cm³/mol. The molecule has 122 valence electrons. The number of likely N-dealkylation sites (tertiary alicyclic amines) is 1. The summed E-state index contributed by atoms with van der Waals surface area (Å²) in [4.78, 5) is 8.22. The van der Waals surface area contributed by atoms with Gasteiger partial charge in [0.1, 0.15) is 0 Å². The number of aliphatic imine (C=N–C) groups is 1. The van der Waals surface area contributed by atoms with Gasteiger partial charge in [0.15, 0.2) is 5.96 Å². The van der Waals surface area contributed by atoms with Crippen LogP contribution in [-0.4, -0.2) is 43.2 Å². The lowest BCUT2D eigenvalue weighted by atomic mass is 9.82. The molecule has 4 unspecified atom stereocenters. The summed E-state index contributed by atoms with van der Waals surface area (Å²) in [5.74, 6) is 2.48. The highest BCUT2D eigenvalue weighted by Crippen LogP contribution is 2.47. The molecule has 22 heavy (non-hydrogen) atoms. The summed E-state index contributed by atoms with van der Waals surface area (Å²) in [5.41, 5.74) is 0. The number of hydrogen-bond donors (Lipinski definition) is 1. The Morgan fingerprint density at radius 3 is 2.64 bits per heavy atom. The second kappa shape index (κ2) is 6.94. The molecule has 1 aromatic rings. The van der Waals surface area contributed by atoms with E-state index in [1.54, 1.807) is 11.3 Å². The molecule has 4 heterocycles. The van der Waals surface area contributed by atoms with E-state index in [1.165, 1.54) is 17.7 Å². The number of hydrogen-bond acceptors (Lipinski definition) is 3. The van der Waals surface area contributed by atoms with Crippen molar-refractivity contribution in [1.29, 1.82) is 0 Å². The molecule has 0 amide bonds. The van der Waals surface area contributed by atoms with Crippen LogP contribution in [-0.2, 0) is 11.3 Å². The van der Waals surface area contributed by atoms with Crippen LogP contribution in [0, 0.1) is 11.8 Å². The molecule has 4 nitrogen and oxygen atoms in total. The third-order valence-corrected chi connectivity index (χ3v) is 6.70. The van der Waals surface area contributed by atoms with Crippen molar-refractivity contribution in [3.63, 3.8) is 0 Å². The molecule has 3 saturated heterocycles. The van der Waals surface area contributed by atoms with E-state index in [1.807, 2.05) is 7.05 Å². The number of rotatable bonds is 2. The van der Waals surface area contributed by atoms with Crippen LogP contribution in [0.2, 0.25) is 0 Å². The average Bonchev–Trinajstić information content (AvgIpc) is 3.20. The van der Waals surface area contributed by atoms with E-state index in [-0.39, 0.29) is 24.0 Å². The predicted octanol–water partition coefficient (Wildman–Crippen LogP) is 3.31. The summed E-state index contributed by atoms with van der Waals surface area (Å²) in [6.07, 6.45) is 3.54. The van der Waals surface area contributed by atoms with Crippen LogP contribution in [0.4, 0.5) is 0 Å². The summed E-state index contributed by atoms with van der Waals surface area (Å²) in [5, 5.41) is 5.63. The van der Waals surface area contributed by atoms with Crippen molar-refractivity contribution in [2.75, 3.05) is 20.1 Å². The van der Waals surface area contributed by atoms with Gasteiger partial charge in [0, 0.05) is 46.7 Å². The number of thiophene rings is 1. The number of fused-ring (bicyclic) bond motifs is 5. The van der Waals surface area contributed by atoms with Crippen LogP contribution in [0.5, 0.6) is 0 Å². The van der Waals surface area contributed by atoms with E-state index < -0.39 is 0 Å². The molecule has 3 aliphatic heterocycles. The van der Waals surface area contributed by atoms with Crippen LogP contribution in [0.1, 0.15) is 17.7 Å². The highest BCUT2D eigenvalue weighted by molar-refractivity contribution is 14.0. The lowest BCUT2D eigenvalue weighted by Gasteiger charge is -2.23. The molecule has 7 heteroatoms. The second-order valence-electron chi connectivity index (χ2n) is 6.16. The topological polar surface area (TPSA) is 36.9 Å². The summed E-state index contributed by atoms with van der Waals surface area (Å²) < 4.78 is 7.20. The first kappa shape index (κ1) is 17.0. The number of halogens is 2. The zero-order valence-corrected chi connectivity index (χ0v) is 17.2. The second-order valence-corrected chi connectivity index (χ2v) is 8.07. The Morgan fingerprint density at radius 1 is 1.41 bits per heavy atom. The Bertz CT molecular complexity index is 549. The van der Waals surface area contributed by atoms with Gasteiger partial charge in [-0.15, -0.1) is 35.3 Å². The molecular formula is C15H21BrIN3OS. The number of nitrogens with zero attached hydrogens (tertiary/aromatic N) is 2. The van der Waals surface area contributed by atoms with Crippen molar-refractivity contribution >= 4 is 57.2 Å². The minimum absolute atomic E-state index is 0. The summed E-state index contributed by atoms with van der Waals surface area (Å²) in [6, 6.07) is 2.16. The molecule has 0 saturated carbocycles. The van der Waals surface area contributed by atoms with Crippen LogP contribution >= 0.6 is 51.2 Å². The standard InChI is InChI=1S/C15H20BrN3OS.HI/c1-17-15(18-5-10-4-9(16)8-21-10)19-6-11-12(7-19)14-3-2-13(11)20-14;/h4,8,11-14H,2-3,5-7H2,1H3,(H,17,18);1H. The maximum atomic E-state index is 6.04. The van der Waals surface area contributed by atoms with Crippen molar-refractivity contribution in [2.45, 2.75) is 31.6 Å². The molecule has 0 radical (unpaired) electrons. The first-order valence-corrected chi connectivity index (χ1v) is 9.26. The number of ether oxygens (including phenoxy) is 1. The van der Waals surface area contributed by atoms with Gasteiger partial charge in [0.25, 0.3) is 0 Å². The molecule has 0 aromatic carbocycles. The van der Waals surface area contributed by atoms with Crippen molar-refractivity contribution in [2.24, 2.45) is 16.8 Å². The lowest BCUT2D eigenvalue weighted by Crippen LogP contribution is -2.40. The van der Waals surface area contributed by atoms with E-state index in [4.69, 9.17) is 4.74 Å². The molecule has 3 fully saturated rings. The smallest absolute Gasteiger partial charge is 0.193 e. The van der Waals surface area contributed by atoms with Gasteiger partial charge in [-0.05, 0) is 34.8 Å². The molecule has 4 rings (SSSR count). The molecule has 0 spiro atoms. The van der Waals surface area contributed by atoms with Crippen LogP contribution in [0.15, 0.2) is 20.9 Å². The monoisotopic (exact) mass is 497 g/mol. The van der Waals surface area contributed by atoms with Gasteiger partial charge >= 0.3 is 0 Å². The first-order valence-electron chi connectivity index (χ1n) is 7.58. The van der Waals surface area contributed by atoms with E-state index in [9.17, 15) is 0 Å². The van der Waals surface area contributed by atoms with Gasteiger partial charge < -0.3 is 15.0 Å². The van der Waals surface area contributed by atoms with E-state index in [0.29, 0.717) is 12.2 Å². The molecule has 2 bridgehead atoms. The quantitative estimate of drug-likeness (QED) is 0.387. The van der Waals surface area contributed by atoms with Crippen molar-refractivity contribution in [3.05, 3.63) is 20.8 Å². The van der Waals surface area contributed by atoms with Crippen LogP contribution in [0.25, 0.3) is 0 Å². The van der Waals surface area contributed by atoms with E-state index in [2.05, 4.69) is 42.6 Å². The van der Waals surface area contributed by atoms with Crippen LogP contribution < -0.4 is 5.32 Å². The normalized spacial score (nSPS) is 33.0. The largest absolute Gasteiger partial charge is 0.374 e. The van der Waals surface area contributed by atoms with Crippen molar-refractivity contribution < 1.29 is 4.74 Å². The zero-order valence-electron chi connectivity index (χ0n) is 12.5. The fraction of sp³-hybridized carbons (Fsp3) is 0.667. The van der Waals surface area contributed by atoms with Crippen LogP contribution in [0.3, 0.4) is 0 Å². The van der Waals surface area contributed by atoms with E-state index in [0.717, 1.165) is 41.9 Å². The Balaban J connectivity index is 0.00000144. The Labute approximate surface area is 160 Å². The van der Waals surface area contributed by atoms with Gasteiger partial charge in [-0.2, -0.15) is 0 Å². The summed E-state index contributed by atoms with van der Waals surface area (Å²) >= 11 is 5.27. The number of nitrogens with one attached hydrogen (secondary N) is 1. The SMILES string of the molecule is CN=C(NCc1cc(Br)cs1)N1CC2C3CCC(O3)C2C1.I. The Morgan fingerprint density at radius 2 is 2.09 bits per heavy atom. The molecule has 1 aromatic heterocycles. The van der Waals surface area contributed by atoms with Crippen molar-refractivity contribution in [3.8, 4) is 0 Å². The fourth-order valence-electron chi connectivity index (χ4n) is 4.08. The van der Waals surface area contributed by atoms with Gasteiger partial charge in [0.05, 0.1) is 18.8 Å². The summed E-state index contributed by atoms with van der Waals surface area (Å²) in [6.45, 7) is 3.04. The molecule has 1 N–H and O–H groups in total. The maximum Gasteiger partial charge on any atom is 0.193 e. The number of guanidine groups is 1. The van der Waals surface area contributed by atoms with Gasteiger partial charge in [-0.1, -0.05) is 0 Å². The minimum atomic E-state index is 0. The molecular weight excluding hydrogens is 477 g/mol. The first-order chi connectivity index (χ1) is 10.2. The van der Waals surface area contributed by atoms with Crippen molar-refractivity contribution in [1.82, 2.24) is 10.2 Å². The minimum Gasteiger partial charge on any atom is -0.374 e. The Kier molecular flexibility index (Phi) is 5.36. The highest BCUT2D eigenvalue weighted by Gasteiger charge is 2.53. The Hall–Kier alpha value is 0.140. The lowest BCUT2D eigenvalue weighted by molar-refractivity contribution is 0.0767. The van der Waals surface area contributed by atoms with Gasteiger partial charge in [0.2, 0.25) is 0 Å². The van der Waals surface area contributed by atoms with Gasteiger partial charge in [-0.3, -0.25) is 4.99 Å². The third kappa shape index (κ3) is 3.06. The maximum absolute atomic E-state index is 6.04. The molecule has 3 aliphatic rings. The average molecular weight is 498 g/mol. The van der Waals surface area contributed by atoms with Gasteiger partial charge in [-0.25, -0.2) is 0 Å². The molecule has 0 aliphatic carbocycles. The summed E-state index contributed by atoms with van der Waals surface area (Å²) in [7, 11) is 1.88. The fourth-order valence-corrected chi connectivity index (χ4v) is 5.47. The zero-order chi connectivity index (χ0) is 14.4. The molecule has 4 atom stereocenters. The highest BCUT2D eigenvalue weighted by atomic mass is 127. The third-order valence-electron chi connectivity index (χ3n) is 5.01.